The maximum atomic E-state index is 13.1. The first kappa shape index (κ1) is 13.2. The summed E-state index contributed by atoms with van der Waals surface area (Å²) >= 11 is 3.17. The number of nitrogens with zero attached hydrogens (tertiary/aromatic N) is 2. The summed E-state index contributed by atoms with van der Waals surface area (Å²) in [5.41, 5.74) is 8.20. The minimum atomic E-state index is -0.266. The first-order valence-electron chi connectivity index (χ1n) is 5.74. The zero-order valence-corrected chi connectivity index (χ0v) is 11.7. The van der Waals surface area contributed by atoms with Crippen LogP contribution in [0.3, 0.4) is 0 Å². The molecule has 1 atom stereocenters. The van der Waals surface area contributed by atoms with Crippen molar-refractivity contribution >= 4 is 15.9 Å². The van der Waals surface area contributed by atoms with Gasteiger partial charge in [0.05, 0.1) is 10.7 Å². The molecule has 0 aliphatic carbocycles. The third-order valence-electron chi connectivity index (χ3n) is 2.87. The van der Waals surface area contributed by atoms with E-state index in [1.165, 1.54) is 6.07 Å². The van der Waals surface area contributed by atoms with Crippen LogP contribution in [0.15, 0.2) is 35.1 Å². The van der Waals surface area contributed by atoms with Crippen molar-refractivity contribution in [2.45, 2.75) is 18.9 Å². The topological polar surface area (TPSA) is 43.8 Å². The smallest absolute Gasteiger partial charge is 0.137 e. The van der Waals surface area contributed by atoms with E-state index in [9.17, 15) is 4.39 Å². The maximum absolute atomic E-state index is 13.1. The first-order chi connectivity index (χ1) is 8.56. The van der Waals surface area contributed by atoms with Gasteiger partial charge in [-0.05, 0) is 52.0 Å². The van der Waals surface area contributed by atoms with Crippen LogP contribution in [0, 0.1) is 5.82 Å². The molecule has 2 N–H and O–H groups in total. The van der Waals surface area contributed by atoms with Crippen LogP contribution in [0.4, 0.5) is 4.39 Å². The average Bonchev–Trinajstić information content (AvgIpc) is 2.75. The number of halogens is 2. The molecule has 0 bridgehead atoms. The van der Waals surface area contributed by atoms with Crippen molar-refractivity contribution in [1.29, 1.82) is 0 Å². The third kappa shape index (κ3) is 3.17. The lowest BCUT2D eigenvalue weighted by molar-refractivity contribution is 0.612. The number of aromatic nitrogens is 2. The Hall–Kier alpha value is -1.20. The van der Waals surface area contributed by atoms with Crippen molar-refractivity contribution in [2.24, 2.45) is 12.8 Å². The zero-order valence-electron chi connectivity index (χ0n) is 10.1. The molecular weight excluding hydrogens is 297 g/mol. The number of hydrogen-bond donors (Lipinski definition) is 1. The van der Waals surface area contributed by atoms with E-state index in [2.05, 4.69) is 21.0 Å². The Labute approximate surface area is 114 Å². The summed E-state index contributed by atoms with van der Waals surface area (Å²) in [4.78, 5) is 0. The van der Waals surface area contributed by atoms with Crippen LogP contribution >= 0.6 is 15.9 Å². The van der Waals surface area contributed by atoms with Crippen molar-refractivity contribution in [3.63, 3.8) is 0 Å². The molecule has 18 heavy (non-hydrogen) atoms. The Morgan fingerprint density at radius 2 is 2.28 bits per heavy atom. The zero-order chi connectivity index (χ0) is 13.1. The SMILES string of the molecule is Cn1cc(CCC(N)c2ccc(F)c(Br)c2)cn1. The van der Waals surface area contributed by atoms with Crippen molar-refractivity contribution in [2.75, 3.05) is 0 Å². The lowest BCUT2D eigenvalue weighted by Crippen LogP contribution is -2.11. The standard InChI is InChI=1S/C13H15BrFN3/c1-18-8-9(7-17-18)2-5-13(16)10-3-4-12(15)11(14)6-10/h3-4,6-8,13H,2,5,16H2,1H3. The van der Waals surface area contributed by atoms with Gasteiger partial charge in [-0.15, -0.1) is 0 Å². The van der Waals surface area contributed by atoms with E-state index in [0.717, 1.165) is 24.0 Å². The van der Waals surface area contributed by atoms with E-state index in [-0.39, 0.29) is 11.9 Å². The van der Waals surface area contributed by atoms with E-state index in [1.54, 1.807) is 16.8 Å². The Kier molecular flexibility index (Phi) is 4.14. The monoisotopic (exact) mass is 311 g/mol. The molecule has 0 aliphatic heterocycles. The van der Waals surface area contributed by atoms with Gasteiger partial charge in [0.25, 0.3) is 0 Å². The second-order valence-electron chi connectivity index (χ2n) is 4.34. The fraction of sp³-hybridized carbons (Fsp3) is 0.308. The molecule has 1 aromatic heterocycles. The molecule has 2 rings (SSSR count). The lowest BCUT2D eigenvalue weighted by atomic mass is 10.0. The number of nitrogens with two attached hydrogens (primary N) is 1. The number of rotatable bonds is 4. The van der Waals surface area contributed by atoms with E-state index < -0.39 is 0 Å². The molecule has 1 heterocycles. The summed E-state index contributed by atoms with van der Waals surface area (Å²) in [6.45, 7) is 0. The van der Waals surface area contributed by atoms with Gasteiger partial charge in [0.1, 0.15) is 5.82 Å². The van der Waals surface area contributed by atoms with Gasteiger partial charge in [-0.2, -0.15) is 5.10 Å². The fourth-order valence-electron chi connectivity index (χ4n) is 1.83. The largest absolute Gasteiger partial charge is 0.324 e. The van der Waals surface area contributed by atoms with Crippen molar-refractivity contribution < 1.29 is 4.39 Å². The van der Waals surface area contributed by atoms with Gasteiger partial charge in [0, 0.05) is 19.3 Å². The predicted molar refractivity (Wildman–Crippen MR) is 72.6 cm³/mol. The van der Waals surface area contributed by atoms with E-state index in [1.807, 2.05) is 19.4 Å². The molecule has 5 heteroatoms. The van der Waals surface area contributed by atoms with Crippen LogP contribution in [-0.4, -0.2) is 9.78 Å². The van der Waals surface area contributed by atoms with Gasteiger partial charge >= 0.3 is 0 Å². The summed E-state index contributed by atoms with van der Waals surface area (Å²) < 4.78 is 15.3. The molecular formula is C13H15BrFN3. The highest BCUT2D eigenvalue weighted by Gasteiger charge is 2.09. The van der Waals surface area contributed by atoms with Gasteiger partial charge in [0.15, 0.2) is 0 Å². The quantitative estimate of drug-likeness (QED) is 0.943. The van der Waals surface area contributed by atoms with E-state index >= 15 is 0 Å². The summed E-state index contributed by atoms with van der Waals surface area (Å²) in [6.07, 6.45) is 5.49. The van der Waals surface area contributed by atoms with Crippen LogP contribution < -0.4 is 5.73 Å². The summed E-state index contributed by atoms with van der Waals surface area (Å²) in [7, 11) is 1.89. The highest BCUT2D eigenvalue weighted by Crippen LogP contribution is 2.22. The minimum absolute atomic E-state index is 0.0953. The minimum Gasteiger partial charge on any atom is -0.324 e. The van der Waals surface area contributed by atoms with Gasteiger partial charge in [-0.3, -0.25) is 4.68 Å². The van der Waals surface area contributed by atoms with Gasteiger partial charge in [-0.1, -0.05) is 6.07 Å². The van der Waals surface area contributed by atoms with Crippen LogP contribution in [0.2, 0.25) is 0 Å². The summed E-state index contributed by atoms with van der Waals surface area (Å²) in [5.74, 6) is -0.266. The Balaban J connectivity index is 1.99. The molecule has 0 saturated heterocycles. The van der Waals surface area contributed by atoms with Crippen molar-refractivity contribution in [3.05, 3.63) is 52.0 Å². The van der Waals surface area contributed by atoms with Crippen LogP contribution in [0.25, 0.3) is 0 Å². The Morgan fingerprint density at radius 1 is 1.50 bits per heavy atom. The molecule has 3 nitrogen and oxygen atoms in total. The highest BCUT2D eigenvalue weighted by molar-refractivity contribution is 9.10. The summed E-state index contributed by atoms with van der Waals surface area (Å²) in [5, 5.41) is 4.11. The Morgan fingerprint density at radius 3 is 2.89 bits per heavy atom. The number of benzene rings is 1. The molecule has 0 radical (unpaired) electrons. The molecule has 2 aromatic rings. The molecule has 0 aliphatic rings. The number of aryl methyl sites for hydroxylation is 2. The molecule has 0 fully saturated rings. The maximum Gasteiger partial charge on any atom is 0.137 e. The molecule has 0 spiro atoms. The van der Waals surface area contributed by atoms with Crippen molar-refractivity contribution in [1.82, 2.24) is 9.78 Å². The van der Waals surface area contributed by atoms with Crippen LogP contribution in [0.5, 0.6) is 0 Å². The molecule has 0 saturated carbocycles. The fourth-order valence-corrected chi connectivity index (χ4v) is 2.23. The molecule has 1 unspecified atom stereocenters. The first-order valence-corrected chi connectivity index (χ1v) is 6.53. The van der Waals surface area contributed by atoms with E-state index in [0.29, 0.717) is 4.47 Å². The average molecular weight is 312 g/mol. The Bertz CT molecular complexity index is 539. The van der Waals surface area contributed by atoms with E-state index in [4.69, 9.17) is 5.73 Å². The highest BCUT2D eigenvalue weighted by atomic mass is 79.9. The third-order valence-corrected chi connectivity index (χ3v) is 3.48. The lowest BCUT2D eigenvalue weighted by Gasteiger charge is -2.12. The second-order valence-corrected chi connectivity index (χ2v) is 5.20. The number of hydrogen-bond acceptors (Lipinski definition) is 2. The van der Waals surface area contributed by atoms with Crippen LogP contribution in [0.1, 0.15) is 23.6 Å². The normalized spacial score (nSPS) is 12.7. The van der Waals surface area contributed by atoms with Crippen LogP contribution in [-0.2, 0) is 13.5 Å². The van der Waals surface area contributed by atoms with Gasteiger partial charge in [-0.25, -0.2) is 4.39 Å². The molecule has 0 amide bonds. The summed E-state index contributed by atoms with van der Waals surface area (Å²) in [6, 6.07) is 4.81. The van der Waals surface area contributed by atoms with Gasteiger partial charge < -0.3 is 5.73 Å². The predicted octanol–water partition coefficient (Wildman–Crippen LogP) is 2.95. The second kappa shape index (κ2) is 5.63. The van der Waals surface area contributed by atoms with Gasteiger partial charge in [0.2, 0.25) is 0 Å². The van der Waals surface area contributed by atoms with Crippen molar-refractivity contribution in [3.8, 4) is 0 Å². The molecule has 1 aromatic carbocycles. The molecule has 96 valence electrons.